The molecule has 1 N–H and O–H groups in total. The van der Waals surface area contributed by atoms with Crippen molar-refractivity contribution in [1.29, 1.82) is 0 Å². The lowest BCUT2D eigenvalue weighted by Gasteiger charge is -2.10. The summed E-state index contributed by atoms with van der Waals surface area (Å²) in [5, 5.41) is 8.99. The zero-order chi connectivity index (χ0) is 16.0. The molecule has 0 atom stereocenters. The first-order chi connectivity index (χ1) is 9.86. The van der Waals surface area contributed by atoms with Gasteiger partial charge in [-0.15, -0.1) is 0 Å². The number of aromatic nitrogens is 1. The van der Waals surface area contributed by atoms with Crippen LogP contribution in [0.25, 0.3) is 5.83 Å². The molecular formula is C14H12F3NO3. The minimum absolute atomic E-state index is 0.328. The number of halogens is 3. The minimum atomic E-state index is -3.25. The van der Waals surface area contributed by atoms with Crippen molar-refractivity contribution in [2.75, 3.05) is 0 Å². The third-order valence-corrected chi connectivity index (χ3v) is 2.32. The molecule has 0 fully saturated rings. The lowest BCUT2D eigenvalue weighted by Crippen LogP contribution is -2.05. The summed E-state index contributed by atoms with van der Waals surface area (Å²) >= 11 is 0. The van der Waals surface area contributed by atoms with Crippen LogP contribution in [-0.2, 0) is 4.74 Å². The van der Waals surface area contributed by atoms with E-state index >= 15 is 0 Å². The molecule has 0 saturated heterocycles. The molecule has 1 rings (SSSR count). The molecule has 0 unspecified atom stereocenters. The Labute approximate surface area is 118 Å². The van der Waals surface area contributed by atoms with E-state index in [-0.39, 0.29) is 5.56 Å². The van der Waals surface area contributed by atoms with Crippen molar-refractivity contribution in [2.24, 2.45) is 0 Å². The first-order valence-electron chi connectivity index (χ1n) is 5.70. The quantitative estimate of drug-likeness (QED) is 0.642. The molecular weight excluding hydrogens is 287 g/mol. The van der Waals surface area contributed by atoms with Gasteiger partial charge in [0.2, 0.25) is 0 Å². The van der Waals surface area contributed by atoms with Crippen LogP contribution in [0.1, 0.15) is 21.6 Å². The second-order valence-corrected chi connectivity index (χ2v) is 3.83. The highest BCUT2D eigenvalue weighted by atomic mass is 19.3. The number of alkyl halides is 2. The number of hydrogen-bond donors (Lipinski definition) is 1. The monoisotopic (exact) mass is 299 g/mol. The van der Waals surface area contributed by atoms with Crippen LogP contribution >= 0.6 is 0 Å². The fraction of sp³-hybridized carbons (Fsp3) is 0.143. The molecule has 0 radical (unpaired) electrons. The Bertz CT molecular complexity index is 609. The van der Waals surface area contributed by atoms with Crippen molar-refractivity contribution in [2.45, 2.75) is 13.5 Å². The van der Waals surface area contributed by atoms with Gasteiger partial charge in [-0.3, -0.25) is 4.98 Å². The molecule has 0 aliphatic heterocycles. The van der Waals surface area contributed by atoms with Crippen LogP contribution in [-0.4, -0.2) is 22.7 Å². The molecule has 1 heterocycles. The molecule has 0 aromatic carbocycles. The zero-order valence-corrected chi connectivity index (χ0v) is 11.0. The van der Waals surface area contributed by atoms with Crippen molar-refractivity contribution in [3.05, 3.63) is 59.7 Å². The molecule has 112 valence electrons. The van der Waals surface area contributed by atoms with E-state index in [9.17, 15) is 18.0 Å². The van der Waals surface area contributed by atoms with Gasteiger partial charge in [0.1, 0.15) is 0 Å². The molecule has 0 amide bonds. The molecule has 4 nitrogen and oxygen atoms in total. The molecule has 0 spiro atoms. The minimum Gasteiger partial charge on any atom is -0.478 e. The number of aromatic carboxylic acids is 1. The van der Waals surface area contributed by atoms with Gasteiger partial charge in [-0.25, -0.2) is 9.18 Å². The summed E-state index contributed by atoms with van der Waals surface area (Å²) in [4.78, 5) is 14.8. The van der Waals surface area contributed by atoms with Gasteiger partial charge in [-0.05, 0) is 19.1 Å². The third kappa shape index (κ3) is 4.48. The zero-order valence-electron chi connectivity index (χ0n) is 11.0. The fourth-order valence-corrected chi connectivity index (χ4v) is 1.46. The maximum absolute atomic E-state index is 14.3. The summed E-state index contributed by atoms with van der Waals surface area (Å²) in [7, 11) is 0. The number of ether oxygens (including phenoxy) is 1. The third-order valence-electron chi connectivity index (χ3n) is 2.32. The number of nitrogens with zero attached hydrogens (tertiary/aromatic N) is 1. The normalized spacial score (nSPS) is 12.4. The van der Waals surface area contributed by atoms with Gasteiger partial charge in [0, 0.05) is 17.5 Å². The van der Waals surface area contributed by atoms with Gasteiger partial charge in [0.15, 0.2) is 11.6 Å². The summed E-state index contributed by atoms with van der Waals surface area (Å²) in [5.41, 5.74) is -0.519. The van der Waals surface area contributed by atoms with E-state index in [1.54, 1.807) is 0 Å². The highest BCUT2D eigenvalue weighted by Gasteiger charge is 2.19. The summed E-state index contributed by atoms with van der Waals surface area (Å²) in [5.74, 6) is -3.45. The second-order valence-electron chi connectivity index (χ2n) is 3.83. The first-order valence-corrected chi connectivity index (χ1v) is 5.70. The number of carboxylic acid groups (broad SMARTS) is 1. The molecule has 0 aliphatic carbocycles. The lowest BCUT2D eigenvalue weighted by atomic mass is 10.1. The summed E-state index contributed by atoms with van der Waals surface area (Å²) < 4.78 is 43.0. The Kier molecular flexibility index (Phi) is 5.71. The van der Waals surface area contributed by atoms with E-state index in [1.165, 1.54) is 19.1 Å². The standard InChI is InChI=1S/C14H12F3NO3/c1-3-4-5-11(21-14(16)17)12(15)9-6-8(2)18-7-10(9)13(19)20/h3-7,14H,1H2,2H3,(H,19,20)/b5-4-,12-11+. The largest absolute Gasteiger partial charge is 0.478 e. The number of rotatable bonds is 6. The van der Waals surface area contributed by atoms with Crippen LogP contribution < -0.4 is 0 Å². The van der Waals surface area contributed by atoms with E-state index in [4.69, 9.17) is 5.11 Å². The van der Waals surface area contributed by atoms with E-state index in [0.717, 1.165) is 18.3 Å². The molecule has 0 bridgehead atoms. The van der Waals surface area contributed by atoms with Crippen LogP contribution in [0.4, 0.5) is 13.2 Å². The van der Waals surface area contributed by atoms with Gasteiger partial charge in [0.25, 0.3) is 0 Å². The Morgan fingerprint density at radius 3 is 2.67 bits per heavy atom. The number of carbonyl (C=O) groups is 1. The van der Waals surface area contributed by atoms with Crippen molar-refractivity contribution >= 4 is 11.8 Å². The van der Waals surface area contributed by atoms with E-state index in [1.807, 2.05) is 0 Å². The summed E-state index contributed by atoms with van der Waals surface area (Å²) in [6.45, 7) is 1.58. The van der Waals surface area contributed by atoms with Crippen LogP contribution in [0.3, 0.4) is 0 Å². The highest BCUT2D eigenvalue weighted by Crippen LogP contribution is 2.27. The van der Waals surface area contributed by atoms with E-state index < -0.39 is 29.7 Å². The van der Waals surface area contributed by atoms with Crippen LogP contribution in [0.15, 0.2) is 42.8 Å². The van der Waals surface area contributed by atoms with Gasteiger partial charge >= 0.3 is 12.6 Å². The van der Waals surface area contributed by atoms with Gasteiger partial charge in [0.05, 0.1) is 5.56 Å². The van der Waals surface area contributed by atoms with Crippen molar-refractivity contribution < 1.29 is 27.8 Å². The van der Waals surface area contributed by atoms with Crippen molar-refractivity contribution in [3.63, 3.8) is 0 Å². The van der Waals surface area contributed by atoms with E-state index in [0.29, 0.717) is 5.69 Å². The van der Waals surface area contributed by atoms with Crippen molar-refractivity contribution in [3.8, 4) is 0 Å². The second kappa shape index (κ2) is 7.28. The summed E-state index contributed by atoms with van der Waals surface area (Å²) in [6.07, 6.45) is 4.30. The maximum Gasteiger partial charge on any atom is 0.387 e. The van der Waals surface area contributed by atoms with Crippen molar-refractivity contribution in [1.82, 2.24) is 4.98 Å². The number of allylic oxidation sites excluding steroid dienone is 3. The lowest BCUT2D eigenvalue weighted by molar-refractivity contribution is -0.0921. The number of hydrogen-bond acceptors (Lipinski definition) is 3. The Morgan fingerprint density at radius 2 is 2.14 bits per heavy atom. The molecule has 21 heavy (non-hydrogen) atoms. The maximum atomic E-state index is 14.3. The van der Waals surface area contributed by atoms with Crippen LogP contribution in [0.5, 0.6) is 0 Å². The average molecular weight is 299 g/mol. The SMILES string of the molecule is C=C/C=C\C(OC(F)F)=C(/F)c1cc(C)ncc1C(=O)O. The van der Waals surface area contributed by atoms with Gasteiger partial charge < -0.3 is 9.84 Å². The summed E-state index contributed by atoms with van der Waals surface area (Å²) in [6, 6.07) is 1.13. The van der Waals surface area contributed by atoms with Crippen LogP contribution in [0.2, 0.25) is 0 Å². The molecule has 1 aromatic rings. The van der Waals surface area contributed by atoms with Crippen LogP contribution in [0, 0.1) is 6.92 Å². The Balaban J connectivity index is 3.47. The Morgan fingerprint density at radius 1 is 1.48 bits per heavy atom. The number of pyridine rings is 1. The molecule has 0 saturated carbocycles. The first kappa shape index (κ1) is 16.5. The fourth-order valence-electron chi connectivity index (χ4n) is 1.46. The van der Waals surface area contributed by atoms with E-state index in [2.05, 4.69) is 16.3 Å². The Hall–Kier alpha value is -2.57. The highest BCUT2D eigenvalue weighted by molar-refractivity contribution is 5.93. The van der Waals surface area contributed by atoms with Gasteiger partial charge in [-0.1, -0.05) is 18.7 Å². The van der Waals surface area contributed by atoms with Gasteiger partial charge in [-0.2, -0.15) is 8.78 Å². The number of aryl methyl sites for hydroxylation is 1. The molecule has 7 heteroatoms. The molecule has 0 aliphatic rings. The topological polar surface area (TPSA) is 59.4 Å². The average Bonchev–Trinajstić information content (AvgIpc) is 2.41. The predicted molar refractivity (Wildman–Crippen MR) is 70.4 cm³/mol. The smallest absolute Gasteiger partial charge is 0.387 e. The molecule has 1 aromatic heterocycles. The predicted octanol–water partition coefficient (Wildman–Crippen LogP) is 3.71. The number of carboxylic acids is 1.